The quantitative estimate of drug-likeness (QED) is 0.466. The second-order valence-corrected chi connectivity index (χ2v) is 8.80. The van der Waals surface area contributed by atoms with Gasteiger partial charge in [0.25, 0.3) is 5.91 Å². The van der Waals surface area contributed by atoms with E-state index in [1.807, 2.05) is 26.1 Å². The number of ether oxygens (including phenoxy) is 1. The number of rotatable bonds is 5. The third-order valence-corrected chi connectivity index (χ3v) is 6.44. The highest BCUT2D eigenvalue weighted by Gasteiger charge is 2.20. The number of benzene rings is 2. The summed E-state index contributed by atoms with van der Waals surface area (Å²) in [6.45, 7) is 3.91. The normalized spacial score (nSPS) is 15.1. The fourth-order valence-corrected chi connectivity index (χ4v) is 4.26. The van der Waals surface area contributed by atoms with Crippen LogP contribution in [0.4, 0.5) is 10.1 Å². The molecule has 4 aromatic rings. The SMILES string of the molecule is Cc1ncc(-c2cc3c(C(=O)Nc4ccc(OC5CCN(C)CC5)cc4)n[nH]c3cc2F)n1C. The van der Waals surface area contributed by atoms with Gasteiger partial charge in [0.2, 0.25) is 0 Å². The number of nitrogens with one attached hydrogen (secondary N) is 2. The van der Waals surface area contributed by atoms with E-state index in [2.05, 4.69) is 32.4 Å². The second-order valence-electron chi connectivity index (χ2n) is 8.80. The van der Waals surface area contributed by atoms with Crippen LogP contribution in [0.2, 0.25) is 0 Å². The van der Waals surface area contributed by atoms with Crippen LogP contribution < -0.4 is 10.1 Å². The molecule has 8 nitrogen and oxygen atoms in total. The Balaban J connectivity index is 1.33. The first kappa shape index (κ1) is 22.1. The van der Waals surface area contributed by atoms with E-state index >= 15 is 0 Å². The summed E-state index contributed by atoms with van der Waals surface area (Å²) in [6.07, 6.45) is 3.84. The third kappa shape index (κ3) is 4.26. The summed E-state index contributed by atoms with van der Waals surface area (Å²) in [5.74, 6) is 0.757. The molecule has 1 aliphatic heterocycles. The Labute approximate surface area is 196 Å². The van der Waals surface area contributed by atoms with E-state index in [0.29, 0.717) is 27.8 Å². The fourth-order valence-electron chi connectivity index (χ4n) is 4.26. The number of likely N-dealkylation sites (tertiary alicyclic amines) is 1. The first-order valence-electron chi connectivity index (χ1n) is 11.3. The molecule has 0 unspecified atom stereocenters. The van der Waals surface area contributed by atoms with Crippen LogP contribution in [0.3, 0.4) is 0 Å². The average molecular weight is 463 g/mol. The lowest BCUT2D eigenvalue weighted by Gasteiger charge is -2.29. The first-order chi connectivity index (χ1) is 16.4. The minimum atomic E-state index is -0.411. The Kier molecular flexibility index (Phi) is 5.79. The minimum absolute atomic E-state index is 0.196. The molecule has 1 fully saturated rings. The van der Waals surface area contributed by atoms with Crippen molar-refractivity contribution in [3.05, 3.63) is 59.9 Å². The van der Waals surface area contributed by atoms with Gasteiger partial charge in [-0.15, -0.1) is 0 Å². The zero-order valence-electron chi connectivity index (χ0n) is 19.4. The molecule has 3 heterocycles. The molecule has 2 aromatic carbocycles. The van der Waals surface area contributed by atoms with E-state index in [1.165, 1.54) is 6.07 Å². The Hall–Kier alpha value is -3.72. The lowest BCUT2D eigenvalue weighted by atomic mass is 10.1. The number of H-pyrrole nitrogens is 1. The Bertz CT molecular complexity index is 1340. The molecule has 1 saturated heterocycles. The van der Waals surface area contributed by atoms with Gasteiger partial charge in [-0.2, -0.15) is 5.10 Å². The number of amides is 1. The van der Waals surface area contributed by atoms with E-state index in [-0.39, 0.29) is 17.7 Å². The lowest BCUT2D eigenvalue weighted by Crippen LogP contribution is -2.35. The molecule has 5 rings (SSSR count). The highest BCUT2D eigenvalue weighted by molar-refractivity contribution is 6.11. The molecule has 1 amide bonds. The van der Waals surface area contributed by atoms with Crippen LogP contribution in [0, 0.1) is 12.7 Å². The van der Waals surface area contributed by atoms with Gasteiger partial charge in [0.15, 0.2) is 5.69 Å². The molecular formula is C25H27FN6O2. The molecule has 176 valence electrons. The molecule has 2 aromatic heterocycles. The number of aromatic amines is 1. The zero-order valence-corrected chi connectivity index (χ0v) is 19.4. The standard InChI is InChI=1S/C25H27FN6O2/c1-15-27-14-23(32(15)3)19-12-20-22(13-21(19)26)29-30-24(20)25(33)28-16-4-6-17(7-5-16)34-18-8-10-31(2)11-9-18/h4-7,12-14,18H,8-11H2,1-3H3,(H,28,33)(H,29,30). The van der Waals surface area contributed by atoms with Gasteiger partial charge in [-0.25, -0.2) is 9.37 Å². The molecule has 9 heteroatoms. The number of aryl methyl sites for hydroxylation is 1. The maximum Gasteiger partial charge on any atom is 0.276 e. The molecule has 0 aliphatic carbocycles. The van der Waals surface area contributed by atoms with E-state index < -0.39 is 5.82 Å². The Morgan fingerprint density at radius 3 is 2.59 bits per heavy atom. The molecule has 34 heavy (non-hydrogen) atoms. The first-order valence-corrected chi connectivity index (χ1v) is 11.3. The number of carbonyl (C=O) groups excluding carboxylic acids is 1. The monoisotopic (exact) mass is 462 g/mol. The number of imidazole rings is 1. The van der Waals surface area contributed by atoms with Crippen molar-refractivity contribution in [3.8, 4) is 17.0 Å². The average Bonchev–Trinajstić information content (AvgIpc) is 3.38. The number of piperidine rings is 1. The van der Waals surface area contributed by atoms with Gasteiger partial charge >= 0.3 is 0 Å². The topological polar surface area (TPSA) is 88.1 Å². The van der Waals surface area contributed by atoms with Crippen molar-refractivity contribution in [3.63, 3.8) is 0 Å². The smallest absolute Gasteiger partial charge is 0.276 e. The molecular weight excluding hydrogens is 435 g/mol. The molecule has 0 spiro atoms. The Morgan fingerprint density at radius 2 is 1.91 bits per heavy atom. The van der Waals surface area contributed by atoms with Crippen LogP contribution >= 0.6 is 0 Å². The van der Waals surface area contributed by atoms with Crippen LogP contribution in [-0.4, -0.2) is 56.8 Å². The van der Waals surface area contributed by atoms with Crippen LogP contribution in [0.25, 0.3) is 22.2 Å². The van der Waals surface area contributed by atoms with Crippen LogP contribution in [0.15, 0.2) is 42.6 Å². The summed E-state index contributed by atoms with van der Waals surface area (Å²) in [5.41, 5.74) is 2.27. The summed E-state index contributed by atoms with van der Waals surface area (Å²) in [7, 11) is 3.94. The van der Waals surface area contributed by atoms with Crippen LogP contribution in [0.1, 0.15) is 29.2 Å². The van der Waals surface area contributed by atoms with Gasteiger partial charge in [0.1, 0.15) is 23.5 Å². The summed E-state index contributed by atoms with van der Waals surface area (Å²) in [6, 6.07) is 10.3. The van der Waals surface area contributed by atoms with Crippen molar-refractivity contribution in [2.24, 2.45) is 7.05 Å². The summed E-state index contributed by atoms with van der Waals surface area (Å²) >= 11 is 0. The molecule has 0 atom stereocenters. The maximum absolute atomic E-state index is 14.8. The van der Waals surface area contributed by atoms with Crippen molar-refractivity contribution < 1.29 is 13.9 Å². The van der Waals surface area contributed by atoms with Gasteiger partial charge < -0.3 is 19.5 Å². The zero-order chi connectivity index (χ0) is 23.8. The highest BCUT2D eigenvalue weighted by Crippen LogP contribution is 2.29. The fraction of sp³-hybridized carbons (Fsp3) is 0.320. The number of nitrogens with zero attached hydrogens (tertiary/aromatic N) is 4. The Morgan fingerprint density at radius 1 is 1.18 bits per heavy atom. The van der Waals surface area contributed by atoms with E-state index in [4.69, 9.17) is 4.74 Å². The van der Waals surface area contributed by atoms with Crippen LogP contribution in [-0.2, 0) is 7.05 Å². The van der Waals surface area contributed by atoms with Crippen molar-refractivity contribution in [2.75, 3.05) is 25.5 Å². The van der Waals surface area contributed by atoms with Crippen molar-refractivity contribution in [1.29, 1.82) is 0 Å². The number of hydrogen-bond donors (Lipinski definition) is 2. The second kappa shape index (κ2) is 8.90. The minimum Gasteiger partial charge on any atom is -0.490 e. The van der Waals surface area contributed by atoms with E-state index in [1.54, 1.807) is 29.0 Å². The molecule has 1 aliphatic rings. The van der Waals surface area contributed by atoms with Crippen molar-refractivity contribution in [1.82, 2.24) is 24.6 Å². The molecule has 0 bridgehead atoms. The van der Waals surface area contributed by atoms with Gasteiger partial charge in [0, 0.05) is 42.8 Å². The lowest BCUT2D eigenvalue weighted by molar-refractivity contribution is 0.102. The molecule has 2 N–H and O–H groups in total. The van der Waals surface area contributed by atoms with Gasteiger partial charge in [-0.05, 0) is 57.1 Å². The largest absolute Gasteiger partial charge is 0.490 e. The number of hydrogen-bond acceptors (Lipinski definition) is 5. The number of aromatic nitrogens is 4. The van der Waals surface area contributed by atoms with Crippen LogP contribution in [0.5, 0.6) is 5.75 Å². The predicted molar refractivity (Wildman–Crippen MR) is 129 cm³/mol. The maximum atomic E-state index is 14.8. The number of fused-ring (bicyclic) bond motifs is 1. The molecule has 0 saturated carbocycles. The highest BCUT2D eigenvalue weighted by atomic mass is 19.1. The van der Waals surface area contributed by atoms with Crippen molar-refractivity contribution >= 4 is 22.5 Å². The van der Waals surface area contributed by atoms with Gasteiger partial charge in [-0.1, -0.05) is 0 Å². The van der Waals surface area contributed by atoms with Crippen molar-refractivity contribution in [2.45, 2.75) is 25.9 Å². The van der Waals surface area contributed by atoms with E-state index in [9.17, 15) is 9.18 Å². The molecule has 0 radical (unpaired) electrons. The predicted octanol–water partition coefficient (Wildman–Crippen LogP) is 4.14. The summed E-state index contributed by atoms with van der Waals surface area (Å²) in [4.78, 5) is 19.5. The number of carbonyl (C=O) groups is 1. The van der Waals surface area contributed by atoms with Gasteiger partial charge in [-0.3, -0.25) is 9.89 Å². The summed E-state index contributed by atoms with van der Waals surface area (Å²) in [5, 5.41) is 10.3. The van der Waals surface area contributed by atoms with Gasteiger partial charge in [0.05, 0.1) is 17.4 Å². The number of anilines is 1. The number of halogens is 1. The third-order valence-electron chi connectivity index (χ3n) is 6.44. The van der Waals surface area contributed by atoms with E-state index in [0.717, 1.165) is 37.5 Å². The summed E-state index contributed by atoms with van der Waals surface area (Å²) < 4.78 is 22.6.